The minimum atomic E-state index is -2.11. The van der Waals surface area contributed by atoms with Crippen LogP contribution in [0.4, 0.5) is 0 Å². The number of aromatic hydroxyl groups is 1. The Balaban J connectivity index is 2.34. The van der Waals surface area contributed by atoms with Gasteiger partial charge >= 0.3 is 17.9 Å². The molecule has 0 bridgehead atoms. The van der Waals surface area contributed by atoms with Gasteiger partial charge in [-0.15, -0.1) is 0 Å². The zero-order chi connectivity index (χ0) is 73.8. The van der Waals surface area contributed by atoms with Crippen LogP contribution in [0.25, 0.3) is 0 Å². The molecule has 0 radical (unpaired) electrons. The highest BCUT2D eigenvalue weighted by molar-refractivity contribution is 6.00. The summed E-state index contributed by atoms with van der Waals surface area (Å²) in [7, 11) is 0. The molecule has 0 aromatic heterocycles. The number of phenolic OH excluding ortho intramolecular Hbond substituents is 1. The number of aliphatic hydroxyl groups is 4. The molecule has 40 nitrogen and oxygen atoms in total. The van der Waals surface area contributed by atoms with Crippen LogP contribution in [0.15, 0.2) is 59.6 Å². The average Bonchev–Trinajstić information content (AvgIpc) is 0.868. The van der Waals surface area contributed by atoms with Crippen molar-refractivity contribution in [1.82, 2.24) is 58.5 Å². The summed E-state index contributed by atoms with van der Waals surface area (Å²) >= 11 is 0. The summed E-state index contributed by atoms with van der Waals surface area (Å²) in [5, 5.41) is 103. The highest BCUT2D eigenvalue weighted by atomic mass is 16.4. The Labute approximate surface area is 559 Å². The van der Waals surface area contributed by atoms with E-state index in [1.807, 2.05) is 16.0 Å². The summed E-state index contributed by atoms with van der Waals surface area (Å²) in [5.74, 6) is -19.7. The van der Waals surface area contributed by atoms with Gasteiger partial charge in [0.1, 0.15) is 66.2 Å². The first-order valence-corrected chi connectivity index (χ1v) is 30.3. The summed E-state index contributed by atoms with van der Waals surface area (Å²) in [4.78, 5) is 201. The number of phenols is 1. The molecule has 2 rings (SSSR count). The van der Waals surface area contributed by atoms with Crippen molar-refractivity contribution in [3.63, 3.8) is 0 Å². The van der Waals surface area contributed by atoms with Crippen molar-refractivity contribution in [2.45, 2.75) is 150 Å². The van der Waals surface area contributed by atoms with E-state index >= 15 is 0 Å². The van der Waals surface area contributed by atoms with Gasteiger partial charge in [-0.2, -0.15) is 0 Å². The zero-order valence-corrected chi connectivity index (χ0v) is 53.2. The van der Waals surface area contributed by atoms with Crippen LogP contribution in [-0.2, 0) is 84.8 Å². The predicted octanol–water partition coefficient (Wildman–Crippen LogP) is -10.7. The van der Waals surface area contributed by atoms with Gasteiger partial charge in [0.15, 0.2) is 5.96 Å². The topological polar surface area (TPSA) is 693 Å². The fourth-order valence-corrected chi connectivity index (χ4v) is 8.85. The molecule has 0 aliphatic rings. The molecule has 0 fully saturated rings. The third kappa shape index (κ3) is 31.3. The highest BCUT2D eigenvalue weighted by Gasteiger charge is 2.37. The van der Waals surface area contributed by atoms with Crippen molar-refractivity contribution in [1.29, 1.82) is 0 Å². The van der Waals surface area contributed by atoms with Gasteiger partial charge in [0.25, 0.3) is 0 Å². The third-order valence-corrected chi connectivity index (χ3v) is 14.1. The number of hydrogen-bond acceptors (Lipinski definition) is 23. The number of aliphatic imine (C=N–C) groups is 1. The van der Waals surface area contributed by atoms with Gasteiger partial charge in [-0.1, -0.05) is 42.5 Å². The first kappa shape index (κ1) is 83.4. The van der Waals surface area contributed by atoms with E-state index in [-0.39, 0.29) is 56.9 Å². The number of amides is 12. The SMILES string of the molecule is C[C@@H](O)[C@H](NC(=O)[C@H](CO)NC(=O)[C@H](CC(=O)O)NC(=O)CNC(=O)[C@H](CCCN=C(N)N)NC(=O)[C@H](CC(N)=O)NC(=O)[C@@H](N)Cc1ccc(O)cc1)C(=O)N[C@@H](Cc1ccccc1)C(=O)N[C@@H](CCC(=O)O)C(=O)N[C@@H](CO)C(=O)N[C@@H](CCCCN)C(=O)N[C@@H](CO)C(=O)O. The molecular formula is C58H87N17O23. The van der Waals surface area contributed by atoms with Crippen molar-refractivity contribution in [2.24, 2.45) is 33.7 Å². The molecule has 0 saturated heterocycles. The minimum Gasteiger partial charge on any atom is -0.508 e. The van der Waals surface area contributed by atoms with E-state index in [2.05, 4.69) is 47.5 Å². The standard InChI is InChI=1S/C58H87N17O23/c1-28(79)46(56(96)71-36(21-29-8-3-2-4-9-29)51(91)69-35(16-17-44(83)84)50(90)72-39(25-76)54(94)68-34(10-5-6-18-59)49(89)74-41(27-78)57(97)98)75-55(95)40(26-77)73-53(93)38(23-45(85)86)66-43(82)24-65-48(88)33(11-7-19-64-58(62)63)67-52(92)37(22-42(61)81)70-47(87)32(60)20-30-12-14-31(80)15-13-30/h2-4,8-9,12-15,28,32-41,46,76-80H,5-7,10-11,16-27,59-60H2,1H3,(H2,61,81)(H,65,88)(H,66,82)(H,67,92)(H,68,94)(H,69,91)(H,70,87)(H,71,96)(H,72,90)(H,73,93)(H,74,89)(H,75,95)(H,83,84)(H,85,86)(H,97,98)(H4,62,63,64)/t28-,32+,33+,34+,35+,36+,37+,38+,39+,40+,41+,46+/m1/s1. The van der Waals surface area contributed by atoms with E-state index in [0.29, 0.717) is 17.5 Å². The summed E-state index contributed by atoms with van der Waals surface area (Å²) in [6, 6.07) is -6.45. The molecule has 0 saturated carbocycles. The maximum absolute atomic E-state index is 14.2. The van der Waals surface area contributed by atoms with Gasteiger partial charge in [0.2, 0.25) is 70.9 Å². The van der Waals surface area contributed by atoms with Gasteiger partial charge in [-0.05, 0) is 81.7 Å². The van der Waals surface area contributed by atoms with Gasteiger partial charge in [0.05, 0.1) is 51.4 Å². The zero-order valence-electron chi connectivity index (χ0n) is 53.2. The van der Waals surface area contributed by atoms with Crippen LogP contribution in [0, 0.1) is 0 Å². The lowest BCUT2D eigenvalue weighted by atomic mass is 10.0. The molecule has 98 heavy (non-hydrogen) atoms. The molecular weight excluding hydrogens is 1300 g/mol. The smallest absolute Gasteiger partial charge is 0.328 e. The predicted molar refractivity (Wildman–Crippen MR) is 339 cm³/mol. The van der Waals surface area contributed by atoms with E-state index in [1.54, 1.807) is 6.07 Å². The maximum Gasteiger partial charge on any atom is 0.328 e. The second-order valence-electron chi connectivity index (χ2n) is 22.0. The normalized spacial score (nSPS) is 14.6. The highest BCUT2D eigenvalue weighted by Crippen LogP contribution is 2.13. The lowest BCUT2D eigenvalue weighted by Gasteiger charge is -2.28. The van der Waals surface area contributed by atoms with Gasteiger partial charge in [-0.25, -0.2) is 4.79 Å². The Morgan fingerprint density at radius 3 is 1.42 bits per heavy atom. The van der Waals surface area contributed by atoms with Crippen LogP contribution < -0.4 is 87.2 Å². The number of unbranched alkanes of at least 4 members (excludes halogenated alkanes) is 1. The van der Waals surface area contributed by atoms with Crippen molar-refractivity contribution in [3.8, 4) is 5.75 Å². The molecule has 0 spiro atoms. The Morgan fingerprint density at radius 2 is 0.918 bits per heavy atom. The average molecular weight is 1390 g/mol. The Morgan fingerprint density at radius 1 is 0.469 bits per heavy atom. The number of nitrogens with zero attached hydrogens (tertiary/aromatic N) is 1. The first-order valence-electron chi connectivity index (χ1n) is 30.3. The number of carboxylic acids is 3. The largest absolute Gasteiger partial charge is 0.508 e. The molecule has 2 aromatic rings. The number of aliphatic hydroxyl groups excluding tert-OH is 4. The molecule has 0 aliphatic carbocycles. The third-order valence-electron chi connectivity index (χ3n) is 14.1. The first-order chi connectivity index (χ1) is 46.2. The summed E-state index contributed by atoms with van der Waals surface area (Å²) < 4.78 is 0. The molecule has 40 heteroatoms. The Hall–Kier alpha value is -10.7. The van der Waals surface area contributed by atoms with Crippen LogP contribution in [0.5, 0.6) is 5.75 Å². The number of aliphatic carboxylic acids is 3. The van der Waals surface area contributed by atoms with Crippen molar-refractivity contribution in [2.75, 3.05) is 39.5 Å². The lowest BCUT2D eigenvalue weighted by Crippen LogP contribution is -2.62. The van der Waals surface area contributed by atoms with Gasteiger partial charge in [-0.3, -0.25) is 72.1 Å². The van der Waals surface area contributed by atoms with E-state index in [4.69, 9.17) is 28.7 Å². The molecule has 12 atom stereocenters. The Kier molecular flexibility index (Phi) is 36.9. The van der Waals surface area contributed by atoms with Gasteiger partial charge in [0, 0.05) is 19.4 Å². The second kappa shape index (κ2) is 43.4. The monoisotopic (exact) mass is 1390 g/mol. The number of nitrogens with one attached hydrogen (secondary N) is 11. The van der Waals surface area contributed by atoms with Crippen molar-refractivity contribution < 1.29 is 113 Å². The number of nitrogens with two attached hydrogens (primary N) is 5. The number of primary amides is 1. The number of rotatable bonds is 46. The number of carbonyl (C=O) groups excluding carboxylic acids is 12. The molecule has 2 aromatic carbocycles. The van der Waals surface area contributed by atoms with Crippen LogP contribution in [-0.4, -0.2) is 248 Å². The number of guanidine groups is 1. The van der Waals surface area contributed by atoms with Crippen LogP contribution >= 0.6 is 0 Å². The minimum absolute atomic E-state index is 0.0117. The molecule has 0 aliphatic heterocycles. The molecule has 542 valence electrons. The Bertz CT molecular complexity index is 3100. The van der Waals surface area contributed by atoms with E-state index in [0.717, 1.165) is 6.92 Å². The lowest BCUT2D eigenvalue weighted by molar-refractivity contribution is -0.143. The quantitative estimate of drug-likeness (QED) is 0.0166. The van der Waals surface area contributed by atoms with Crippen molar-refractivity contribution >= 4 is 94.8 Å². The molecule has 12 amide bonds. The fraction of sp³-hybridized carbons (Fsp3) is 0.517. The van der Waals surface area contributed by atoms with E-state index < -0.39 is 220 Å². The summed E-state index contributed by atoms with van der Waals surface area (Å²) in [6.45, 7) is -3.50. The van der Waals surface area contributed by atoms with Crippen molar-refractivity contribution in [3.05, 3.63) is 65.7 Å². The summed E-state index contributed by atoms with van der Waals surface area (Å²) in [5.41, 5.74) is 28.6. The van der Waals surface area contributed by atoms with E-state index in [9.17, 15) is 113 Å². The second-order valence-corrected chi connectivity index (χ2v) is 22.0. The van der Waals surface area contributed by atoms with Crippen LogP contribution in [0.3, 0.4) is 0 Å². The number of benzene rings is 2. The number of carbonyl (C=O) groups is 15. The maximum atomic E-state index is 14.2. The van der Waals surface area contributed by atoms with Crippen LogP contribution in [0.2, 0.25) is 0 Å². The number of carboxylic acid groups (broad SMARTS) is 3. The summed E-state index contributed by atoms with van der Waals surface area (Å²) in [6.07, 6.45) is -5.78. The number of hydrogen-bond donors (Lipinski definition) is 24. The van der Waals surface area contributed by atoms with Gasteiger partial charge < -0.3 is 128 Å². The molecule has 29 N–H and O–H groups in total. The molecule has 0 heterocycles. The van der Waals surface area contributed by atoms with E-state index in [1.165, 1.54) is 48.5 Å². The van der Waals surface area contributed by atoms with Crippen LogP contribution in [0.1, 0.15) is 75.8 Å². The fourth-order valence-electron chi connectivity index (χ4n) is 8.85. The molecule has 0 unspecified atom stereocenters.